The van der Waals surface area contributed by atoms with Crippen molar-refractivity contribution < 1.29 is 9.84 Å². The Morgan fingerprint density at radius 3 is 2.33 bits per heavy atom. The van der Waals surface area contributed by atoms with Gasteiger partial charge in [0.05, 0.1) is 12.7 Å². The van der Waals surface area contributed by atoms with E-state index in [0.717, 1.165) is 19.3 Å². The summed E-state index contributed by atoms with van der Waals surface area (Å²) in [4.78, 5) is 2.77. The molecule has 1 aliphatic carbocycles. The van der Waals surface area contributed by atoms with Crippen molar-refractivity contribution in [2.45, 2.75) is 76.5 Å². The fourth-order valence-corrected chi connectivity index (χ4v) is 5.66. The molecule has 3 nitrogen and oxygen atoms in total. The molecule has 2 aromatic carbocycles. The smallest absolute Gasteiger partial charge is 0.0720 e. The Labute approximate surface area is 200 Å². The first kappa shape index (κ1) is 24.2. The number of likely N-dealkylation sites (tertiary alicyclic amines) is 1. The van der Waals surface area contributed by atoms with Crippen LogP contribution in [0.3, 0.4) is 0 Å². The van der Waals surface area contributed by atoms with Gasteiger partial charge in [-0.05, 0) is 81.1 Å². The second kappa shape index (κ2) is 13.1. The molecule has 2 aromatic rings. The lowest BCUT2D eigenvalue weighted by molar-refractivity contribution is -0.00352. The first-order valence-electron chi connectivity index (χ1n) is 13.1. The summed E-state index contributed by atoms with van der Waals surface area (Å²) in [5.74, 6) is 0.620. The number of piperidine rings is 1. The molecule has 1 N–H and O–H groups in total. The lowest BCUT2D eigenvalue weighted by Gasteiger charge is -2.37. The predicted octanol–water partition coefficient (Wildman–Crippen LogP) is 6.61. The molecule has 0 aromatic heterocycles. The van der Waals surface area contributed by atoms with E-state index in [1.54, 1.807) is 0 Å². The fourth-order valence-electron chi connectivity index (χ4n) is 5.66. The number of rotatable bonds is 11. The van der Waals surface area contributed by atoms with Gasteiger partial charge in [-0.3, -0.25) is 0 Å². The topological polar surface area (TPSA) is 32.7 Å². The van der Waals surface area contributed by atoms with E-state index in [1.807, 2.05) is 0 Å². The van der Waals surface area contributed by atoms with Crippen LogP contribution in [-0.4, -0.2) is 41.8 Å². The molecule has 2 aliphatic rings. The Bertz CT molecular complexity index is 826. The molecule has 0 unspecified atom stereocenters. The average Bonchev–Trinajstić information content (AvgIpc) is 3.29. The zero-order valence-corrected chi connectivity index (χ0v) is 20.1. The van der Waals surface area contributed by atoms with Crippen LogP contribution >= 0.6 is 0 Å². The molecule has 0 radical (unpaired) electrons. The molecule has 3 atom stereocenters. The van der Waals surface area contributed by atoms with Crippen molar-refractivity contribution in [3.05, 3.63) is 72.3 Å². The first-order chi connectivity index (χ1) is 16.3. The number of aliphatic hydroxyl groups is 1. The van der Waals surface area contributed by atoms with Crippen LogP contribution in [0.4, 0.5) is 0 Å². The Morgan fingerprint density at radius 2 is 1.58 bits per heavy atom. The van der Waals surface area contributed by atoms with E-state index in [9.17, 15) is 0 Å². The Balaban J connectivity index is 1.34. The normalized spacial score (nSPS) is 24.0. The Hall–Kier alpha value is -1.94. The number of benzene rings is 2. The number of hydrogen-bond donors (Lipinski definition) is 1. The number of unbranched alkanes of at least 4 members (excludes halogenated alkanes) is 1. The second-order valence-electron chi connectivity index (χ2n) is 9.73. The van der Waals surface area contributed by atoms with Gasteiger partial charge < -0.3 is 14.7 Å². The molecule has 1 saturated heterocycles. The quantitative estimate of drug-likeness (QED) is 0.311. The van der Waals surface area contributed by atoms with Crippen LogP contribution in [0.25, 0.3) is 11.1 Å². The van der Waals surface area contributed by atoms with Crippen LogP contribution in [0.5, 0.6) is 0 Å². The third kappa shape index (κ3) is 7.02. The number of nitrogens with zero attached hydrogens (tertiary/aromatic N) is 1. The minimum Gasteiger partial charge on any atom is -0.396 e. The zero-order chi connectivity index (χ0) is 22.7. The van der Waals surface area contributed by atoms with E-state index >= 15 is 0 Å². The van der Waals surface area contributed by atoms with Crippen LogP contribution in [-0.2, 0) is 11.3 Å². The maximum Gasteiger partial charge on any atom is 0.0720 e. The van der Waals surface area contributed by atoms with Crippen LogP contribution in [0.15, 0.2) is 66.7 Å². The summed E-state index contributed by atoms with van der Waals surface area (Å²) in [6.45, 7) is 3.52. The van der Waals surface area contributed by atoms with E-state index < -0.39 is 0 Å². The minimum atomic E-state index is 0.284. The maximum absolute atomic E-state index is 8.98. The summed E-state index contributed by atoms with van der Waals surface area (Å²) in [6, 6.07) is 20.1. The molecular formula is C30H41NO2. The highest BCUT2D eigenvalue weighted by Gasteiger charge is 2.39. The first-order valence-corrected chi connectivity index (χ1v) is 13.1. The Kier molecular flexibility index (Phi) is 9.59. The third-order valence-electron chi connectivity index (χ3n) is 7.47. The van der Waals surface area contributed by atoms with Gasteiger partial charge in [-0.25, -0.2) is 0 Å². The molecule has 178 valence electrons. The van der Waals surface area contributed by atoms with Gasteiger partial charge in [0.1, 0.15) is 0 Å². The summed E-state index contributed by atoms with van der Waals surface area (Å²) in [6.07, 6.45) is 15.6. The molecular weight excluding hydrogens is 406 g/mol. The summed E-state index contributed by atoms with van der Waals surface area (Å²) >= 11 is 0. The lowest BCUT2D eigenvalue weighted by atomic mass is 9.93. The lowest BCUT2D eigenvalue weighted by Crippen LogP contribution is -2.43. The highest BCUT2D eigenvalue weighted by atomic mass is 16.5. The van der Waals surface area contributed by atoms with Crippen LogP contribution in [0.1, 0.15) is 63.4 Å². The van der Waals surface area contributed by atoms with Crippen LogP contribution in [0.2, 0.25) is 0 Å². The monoisotopic (exact) mass is 447 g/mol. The number of allylic oxidation sites excluding steroid dienone is 2. The molecule has 2 fully saturated rings. The molecule has 33 heavy (non-hydrogen) atoms. The van der Waals surface area contributed by atoms with E-state index in [2.05, 4.69) is 71.6 Å². The van der Waals surface area contributed by atoms with Crippen LogP contribution in [0, 0.1) is 5.92 Å². The molecule has 3 heteroatoms. The van der Waals surface area contributed by atoms with Gasteiger partial charge in [0.15, 0.2) is 0 Å². The van der Waals surface area contributed by atoms with Gasteiger partial charge in [0, 0.05) is 18.6 Å². The molecule has 4 rings (SSSR count). The van der Waals surface area contributed by atoms with E-state index in [4.69, 9.17) is 9.84 Å². The van der Waals surface area contributed by atoms with Gasteiger partial charge >= 0.3 is 0 Å². The highest BCUT2D eigenvalue weighted by molar-refractivity contribution is 5.63. The van der Waals surface area contributed by atoms with Crippen molar-refractivity contribution in [2.75, 3.05) is 19.7 Å². The van der Waals surface area contributed by atoms with Crippen molar-refractivity contribution in [1.82, 2.24) is 4.90 Å². The van der Waals surface area contributed by atoms with Crippen molar-refractivity contribution in [1.29, 1.82) is 0 Å². The predicted molar refractivity (Wildman–Crippen MR) is 137 cm³/mol. The van der Waals surface area contributed by atoms with Gasteiger partial charge in [-0.1, -0.05) is 73.2 Å². The van der Waals surface area contributed by atoms with Gasteiger partial charge in [-0.15, -0.1) is 0 Å². The SMILES string of the molecule is OCCC/C=C\CC[C@H]1[C@@H](OCc2ccc(-c3ccccc3)cc2)CC[C@@H]1N1CCCCC1. The summed E-state index contributed by atoms with van der Waals surface area (Å²) in [5, 5.41) is 8.98. The van der Waals surface area contributed by atoms with Crippen molar-refractivity contribution in [3.8, 4) is 11.1 Å². The van der Waals surface area contributed by atoms with E-state index in [0.29, 0.717) is 24.7 Å². The van der Waals surface area contributed by atoms with Crippen LogP contribution < -0.4 is 0 Å². The van der Waals surface area contributed by atoms with Crippen molar-refractivity contribution >= 4 is 0 Å². The largest absolute Gasteiger partial charge is 0.396 e. The summed E-state index contributed by atoms with van der Waals surface area (Å²) in [7, 11) is 0. The van der Waals surface area contributed by atoms with Gasteiger partial charge in [0.2, 0.25) is 0 Å². The maximum atomic E-state index is 8.98. The molecule has 0 spiro atoms. The fraction of sp³-hybridized carbons (Fsp3) is 0.533. The minimum absolute atomic E-state index is 0.284. The highest BCUT2D eigenvalue weighted by Crippen LogP contribution is 2.37. The standard InChI is InChI=1S/C30H41NO2/c32-23-11-3-1-2-8-14-28-29(31-21-9-5-10-22-31)19-20-30(28)33-24-25-15-17-27(18-16-25)26-12-6-4-7-13-26/h1-2,4,6-7,12-13,15-18,28-30,32H,3,5,8-11,14,19-24H2/b2-1-/t28-,29+,30+/m1/s1. The summed E-state index contributed by atoms with van der Waals surface area (Å²) in [5.41, 5.74) is 3.78. The molecule has 0 amide bonds. The summed E-state index contributed by atoms with van der Waals surface area (Å²) < 4.78 is 6.58. The van der Waals surface area contributed by atoms with E-state index in [-0.39, 0.29) is 6.61 Å². The zero-order valence-electron chi connectivity index (χ0n) is 20.1. The van der Waals surface area contributed by atoms with E-state index in [1.165, 1.54) is 68.3 Å². The van der Waals surface area contributed by atoms with Crippen molar-refractivity contribution in [2.24, 2.45) is 5.92 Å². The molecule has 1 aliphatic heterocycles. The molecule has 0 bridgehead atoms. The van der Waals surface area contributed by atoms with Gasteiger partial charge in [-0.2, -0.15) is 0 Å². The second-order valence-corrected chi connectivity index (χ2v) is 9.73. The number of aliphatic hydroxyl groups excluding tert-OH is 1. The van der Waals surface area contributed by atoms with Gasteiger partial charge in [0.25, 0.3) is 0 Å². The average molecular weight is 448 g/mol. The molecule has 1 saturated carbocycles. The third-order valence-corrected chi connectivity index (χ3v) is 7.47. The molecule has 1 heterocycles. The number of ether oxygens (including phenoxy) is 1. The number of hydrogen-bond acceptors (Lipinski definition) is 3. The Morgan fingerprint density at radius 1 is 0.848 bits per heavy atom. The van der Waals surface area contributed by atoms with Crippen molar-refractivity contribution in [3.63, 3.8) is 0 Å².